The molecule has 0 radical (unpaired) electrons. The molecule has 2 aliphatic rings. The molecule has 5 nitrogen and oxygen atoms in total. The summed E-state index contributed by atoms with van der Waals surface area (Å²) in [6.45, 7) is 4.17. The summed E-state index contributed by atoms with van der Waals surface area (Å²) in [4.78, 5) is 19.3. The Hall–Kier alpha value is -2.12. The number of ether oxygens (including phenoxy) is 2. The zero-order valence-corrected chi connectivity index (χ0v) is 20.4. The van der Waals surface area contributed by atoms with Crippen LogP contribution in [-0.4, -0.2) is 22.6 Å². The number of allylic oxidation sites excluding steroid dienone is 1. The van der Waals surface area contributed by atoms with Crippen molar-refractivity contribution in [1.82, 2.24) is 4.90 Å². The first-order valence-corrected chi connectivity index (χ1v) is 11.8. The Kier molecular flexibility index (Phi) is 7.05. The number of halogens is 3. The highest BCUT2D eigenvalue weighted by Gasteiger charge is 2.37. The van der Waals surface area contributed by atoms with Crippen LogP contribution in [0.4, 0.5) is 0 Å². The van der Waals surface area contributed by atoms with Crippen molar-refractivity contribution in [2.75, 3.05) is 6.61 Å². The van der Waals surface area contributed by atoms with Crippen molar-refractivity contribution in [3.05, 3.63) is 85.5 Å². The summed E-state index contributed by atoms with van der Waals surface area (Å²) in [6.07, 6.45) is 1.91. The standard InChI is InChI=1S/C23H19Cl3N2O3S/c1-3-30-22(29)20-13(2)27-23-28(8-9-32-23)21(20)15-5-7-19(18(26)11-15)31-12-14-4-6-16(24)17(25)10-14/h4-11,21H,3,12H2,1-2H3/t21-/m1/s1. The summed E-state index contributed by atoms with van der Waals surface area (Å²) in [6, 6.07) is 10.4. The zero-order chi connectivity index (χ0) is 22.8. The maximum atomic E-state index is 12.8. The molecule has 0 fully saturated rings. The molecule has 32 heavy (non-hydrogen) atoms. The van der Waals surface area contributed by atoms with E-state index >= 15 is 0 Å². The summed E-state index contributed by atoms with van der Waals surface area (Å²) in [5.74, 6) is 0.134. The number of aliphatic imine (C=N–C) groups is 1. The van der Waals surface area contributed by atoms with E-state index in [1.807, 2.05) is 41.6 Å². The quantitative estimate of drug-likeness (QED) is 0.393. The first-order valence-electron chi connectivity index (χ1n) is 9.83. The number of fused-ring (bicyclic) bond motifs is 1. The predicted octanol–water partition coefficient (Wildman–Crippen LogP) is 6.99. The minimum absolute atomic E-state index is 0.283. The third kappa shape index (κ3) is 4.64. The van der Waals surface area contributed by atoms with Gasteiger partial charge in [0.1, 0.15) is 12.4 Å². The van der Waals surface area contributed by atoms with Crippen LogP contribution in [0.5, 0.6) is 5.75 Å². The van der Waals surface area contributed by atoms with Gasteiger partial charge in [0.05, 0.1) is 39.0 Å². The lowest BCUT2D eigenvalue weighted by molar-refractivity contribution is -0.139. The van der Waals surface area contributed by atoms with Crippen molar-refractivity contribution < 1.29 is 14.3 Å². The number of carbonyl (C=O) groups is 1. The van der Waals surface area contributed by atoms with E-state index in [1.165, 1.54) is 11.8 Å². The molecular formula is C23H19Cl3N2O3S. The van der Waals surface area contributed by atoms with Gasteiger partial charge in [-0.05, 0) is 54.6 Å². The van der Waals surface area contributed by atoms with Crippen LogP contribution in [-0.2, 0) is 16.1 Å². The molecule has 2 aromatic carbocycles. The fraction of sp³-hybridized carbons (Fsp3) is 0.217. The van der Waals surface area contributed by atoms with Crippen LogP contribution < -0.4 is 4.74 Å². The van der Waals surface area contributed by atoms with Gasteiger partial charge in [-0.3, -0.25) is 0 Å². The molecule has 0 aromatic heterocycles. The van der Waals surface area contributed by atoms with Crippen molar-refractivity contribution >= 4 is 57.7 Å². The molecule has 0 N–H and O–H groups in total. The number of benzene rings is 2. The predicted molar refractivity (Wildman–Crippen MR) is 130 cm³/mol. The number of hydrogen-bond donors (Lipinski definition) is 0. The van der Waals surface area contributed by atoms with Crippen LogP contribution >= 0.6 is 46.6 Å². The van der Waals surface area contributed by atoms with E-state index in [4.69, 9.17) is 44.3 Å². The first-order chi connectivity index (χ1) is 15.4. The minimum Gasteiger partial charge on any atom is -0.487 e. The number of hydrogen-bond acceptors (Lipinski definition) is 6. The molecule has 0 saturated heterocycles. The average Bonchev–Trinajstić information content (AvgIpc) is 3.22. The monoisotopic (exact) mass is 508 g/mol. The summed E-state index contributed by atoms with van der Waals surface area (Å²) < 4.78 is 11.2. The van der Waals surface area contributed by atoms with Gasteiger partial charge >= 0.3 is 5.97 Å². The number of thioether (sulfide) groups is 1. The summed E-state index contributed by atoms with van der Waals surface area (Å²) in [5, 5.41) is 4.13. The second-order valence-corrected chi connectivity index (χ2v) is 9.15. The van der Waals surface area contributed by atoms with E-state index in [2.05, 4.69) is 4.99 Å². The average molecular weight is 510 g/mol. The van der Waals surface area contributed by atoms with Crippen LogP contribution in [0.3, 0.4) is 0 Å². The van der Waals surface area contributed by atoms with Crippen LogP contribution in [0, 0.1) is 0 Å². The Morgan fingerprint density at radius 3 is 2.66 bits per heavy atom. The van der Waals surface area contributed by atoms with Gasteiger partial charge in [0, 0.05) is 6.20 Å². The van der Waals surface area contributed by atoms with E-state index in [0.717, 1.165) is 16.3 Å². The molecular weight excluding hydrogens is 491 g/mol. The Morgan fingerprint density at radius 1 is 1.12 bits per heavy atom. The molecule has 0 amide bonds. The van der Waals surface area contributed by atoms with Crippen LogP contribution in [0.25, 0.3) is 0 Å². The number of carbonyl (C=O) groups excluding carboxylic acids is 1. The minimum atomic E-state index is -0.394. The smallest absolute Gasteiger partial charge is 0.338 e. The van der Waals surface area contributed by atoms with E-state index in [9.17, 15) is 4.79 Å². The van der Waals surface area contributed by atoms with Gasteiger partial charge < -0.3 is 14.4 Å². The molecule has 9 heteroatoms. The molecule has 0 aliphatic carbocycles. The van der Waals surface area contributed by atoms with Crippen LogP contribution in [0.15, 0.2) is 64.3 Å². The fourth-order valence-electron chi connectivity index (χ4n) is 3.49. The van der Waals surface area contributed by atoms with Crippen molar-refractivity contribution in [3.63, 3.8) is 0 Å². The first kappa shape index (κ1) is 23.1. The Morgan fingerprint density at radius 2 is 1.94 bits per heavy atom. The lowest BCUT2D eigenvalue weighted by atomic mass is 9.94. The lowest BCUT2D eigenvalue weighted by Crippen LogP contribution is -2.34. The van der Waals surface area contributed by atoms with Gasteiger partial charge in [-0.15, -0.1) is 0 Å². The fourth-order valence-corrected chi connectivity index (χ4v) is 4.85. The highest BCUT2D eigenvalue weighted by atomic mass is 35.5. The van der Waals surface area contributed by atoms with Crippen LogP contribution in [0.2, 0.25) is 15.1 Å². The highest BCUT2D eigenvalue weighted by molar-refractivity contribution is 8.16. The van der Waals surface area contributed by atoms with Gasteiger partial charge in [0.15, 0.2) is 5.17 Å². The van der Waals surface area contributed by atoms with Crippen molar-refractivity contribution in [2.24, 2.45) is 4.99 Å². The molecule has 1 atom stereocenters. The maximum absolute atomic E-state index is 12.8. The van der Waals surface area contributed by atoms with Gasteiger partial charge in [0.25, 0.3) is 0 Å². The number of amidine groups is 1. The highest BCUT2D eigenvalue weighted by Crippen LogP contribution is 2.42. The number of nitrogens with zero attached hydrogens (tertiary/aromatic N) is 2. The number of esters is 1. The molecule has 2 heterocycles. The molecule has 0 unspecified atom stereocenters. The topological polar surface area (TPSA) is 51.1 Å². The lowest BCUT2D eigenvalue weighted by Gasteiger charge is -2.33. The second kappa shape index (κ2) is 9.79. The van der Waals surface area contributed by atoms with Gasteiger partial charge in [-0.1, -0.05) is 58.7 Å². The molecule has 2 aromatic rings. The van der Waals surface area contributed by atoms with Gasteiger partial charge in [0.2, 0.25) is 0 Å². The van der Waals surface area contributed by atoms with E-state index < -0.39 is 6.04 Å². The SMILES string of the molecule is CCOC(=O)C1=C(C)N=C2SC=CN2[C@@H]1c1ccc(OCc2ccc(Cl)c(Cl)c2)c(Cl)c1. The summed E-state index contributed by atoms with van der Waals surface area (Å²) in [7, 11) is 0. The molecule has 4 rings (SSSR count). The zero-order valence-electron chi connectivity index (χ0n) is 17.3. The van der Waals surface area contributed by atoms with Crippen LogP contribution in [0.1, 0.15) is 31.0 Å². The summed E-state index contributed by atoms with van der Waals surface area (Å²) in [5.41, 5.74) is 2.82. The maximum Gasteiger partial charge on any atom is 0.338 e. The Bertz CT molecular complexity index is 1160. The Balaban J connectivity index is 1.61. The molecule has 0 spiro atoms. The van der Waals surface area contributed by atoms with Gasteiger partial charge in [-0.2, -0.15) is 0 Å². The second-order valence-electron chi connectivity index (χ2n) is 7.05. The van der Waals surface area contributed by atoms with Crippen molar-refractivity contribution in [2.45, 2.75) is 26.5 Å². The molecule has 166 valence electrons. The third-order valence-corrected chi connectivity index (χ3v) is 6.77. The molecule has 2 aliphatic heterocycles. The largest absolute Gasteiger partial charge is 0.487 e. The van der Waals surface area contributed by atoms with E-state index in [0.29, 0.717) is 32.1 Å². The van der Waals surface area contributed by atoms with Crippen molar-refractivity contribution in [1.29, 1.82) is 0 Å². The molecule has 0 saturated carbocycles. The van der Waals surface area contributed by atoms with E-state index in [1.54, 1.807) is 25.1 Å². The normalized spacial score (nSPS) is 17.3. The third-order valence-electron chi connectivity index (χ3n) is 4.97. The van der Waals surface area contributed by atoms with E-state index in [-0.39, 0.29) is 19.2 Å². The molecule has 0 bridgehead atoms. The number of rotatable bonds is 6. The summed E-state index contributed by atoms with van der Waals surface area (Å²) >= 11 is 20.1. The van der Waals surface area contributed by atoms with Gasteiger partial charge in [-0.25, -0.2) is 9.79 Å². The Labute approximate surface area is 205 Å². The van der Waals surface area contributed by atoms with Crippen molar-refractivity contribution in [3.8, 4) is 5.75 Å².